The fourth-order valence-electron chi connectivity index (χ4n) is 3.22. The lowest BCUT2D eigenvalue weighted by atomic mass is 10.0. The Morgan fingerprint density at radius 3 is 2.87 bits per heavy atom. The average Bonchev–Trinajstić information content (AvgIpc) is 3.43. The minimum Gasteiger partial charge on any atom is -0.496 e. The summed E-state index contributed by atoms with van der Waals surface area (Å²) < 4.78 is 13.0. The zero-order valence-corrected chi connectivity index (χ0v) is 20.8. The van der Waals surface area contributed by atoms with E-state index in [2.05, 4.69) is 47.7 Å². The van der Waals surface area contributed by atoms with E-state index in [1.165, 1.54) is 5.56 Å². The van der Waals surface area contributed by atoms with E-state index in [1.807, 2.05) is 28.8 Å². The van der Waals surface area contributed by atoms with E-state index in [0.717, 1.165) is 35.9 Å². The zero-order chi connectivity index (χ0) is 21.3. The normalized spacial score (nSPS) is 12.2. The van der Waals surface area contributed by atoms with E-state index >= 15 is 0 Å². The van der Waals surface area contributed by atoms with Crippen molar-refractivity contribution < 1.29 is 9.15 Å². The molecule has 2 N–H and O–H groups in total. The monoisotopic (exact) mass is 538 g/mol. The van der Waals surface area contributed by atoms with E-state index in [0.29, 0.717) is 19.0 Å². The number of nitrogens with zero attached hydrogens (tertiary/aromatic N) is 4. The first-order chi connectivity index (χ1) is 14.6. The van der Waals surface area contributed by atoms with Gasteiger partial charge in [0.25, 0.3) is 0 Å². The molecule has 0 aliphatic heterocycles. The van der Waals surface area contributed by atoms with E-state index in [1.54, 1.807) is 19.7 Å². The number of aliphatic imine (C=N–C) groups is 1. The van der Waals surface area contributed by atoms with Crippen molar-refractivity contribution in [3.05, 3.63) is 65.6 Å². The molecule has 1 atom stereocenters. The van der Waals surface area contributed by atoms with Crippen LogP contribution in [-0.2, 0) is 19.5 Å². The fourth-order valence-corrected chi connectivity index (χ4v) is 3.22. The SMILES string of the molecule is CCc1nncn1CCNC(=NCc1ccco1)NC(C)c1cc(C)ccc1OC.I. The summed E-state index contributed by atoms with van der Waals surface area (Å²) in [6.45, 7) is 8.13. The van der Waals surface area contributed by atoms with Gasteiger partial charge in [-0.3, -0.25) is 0 Å². The smallest absolute Gasteiger partial charge is 0.192 e. The van der Waals surface area contributed by atoms with Gasteiger partial charge in [-0.1, -0.05) is 24.6 Å². The Hall–Kier alpha value is -2.56. The first kappa shape index (κ1) is 24.7. The molecule has 168 valence electrons. The van der Waals surface area contributed by atoms with Crippen LogP contribution in [0.1, 0.15) is 42.6 Å². The van der Waals surface area contributed by atoms with E-state index in [4.69, 9.17) is 14.1 Å². The summed E-state index contributed by atoms with van der Waals surface area (Å²) in [5, 5.41) is 15.0. The molecular weight excluding hydrogens is 507 g/mol. The summed E-state index contributed by atoms with van der Waals surface area (Å²) in [7, 11) is 1.69. The maximum absolute atomic E-state index is 5.55. The predicted octanol–water partition coefficient (Wildman–Crippen LogP) is 3.87. The van der Waals surface area contributed by atoms with Crippen molar-refractivity contribution in [3.8, 4) is 5.75 Å². The van der Waals surface area contributed by atoms with Crippen LogP contribution >= 0.6 is 24.0 Å². The number of furan rings is 1. The van der Waals surface area contributed by atoms with Crippen molar-refractivity contribution in [2.75, 3.05) is 13.7 Å². The number of hydrogen-bond acceptors (Lipinski definition) is 5. The molecule has 3 rings (SSSR count). The highest BCUT2D eigenvalue weighted by molar-refractivity contribution is 14.0. The average molecular weight is 538 g/mol. The van der Waals surface area contributed by atoms with Gasteiger partial charge in [-0.25, -0.2) is 4.99 Å². The number of ether oxygens (including phenoxy) is 1. The Bertz CT molecular complexity index is 955. The van der Waals surface area contributed by atoms with Gasteiger partial charge < -0.3 is 24.4 Å². The van der Waals surface area contributed by atoms with Gasteiger partial charge in [0.15, 0.2) is 5.96 Å². The summed E-state index contributed by atoms with van der Waals surface area (Å²) in [6.07, 6.45) is 4.26. The number of hydrogen-bond donors (Lipinski definition) is 2. The van der Waals surface area contributed by atoms with Gasteiger partial charge in [0.05, 0.1) is 19.4 Å². The number of guanidine groups is 1. The summed E-state index contributed by atoms with van der Waals surface area (Å²) in [6, 6.07) is 9.95. The Morgan fingerprint density at radius 1 is 1.32 bits per heavy atom. The van der Waals surface area contributed by atoms with Crippen LogP contribution in [-0.4, -0.2) is 34.4 Å². The quantitative estimate of drug-likeness (QED) is 0.244. The van der Waals surface area contributed by atoms with E-state index in [-0.39, 0.29) is 30.0 Å². The molecule has 31 heavy (non-hydrogen) atoms. The summed E-state index contributed by atoms with van der Waals surface area (Å²) >= 11 is 0. The van der Waals surface area contributed by atoms with Crippen LogP contribution in [0.2, 0.25) is 0 Å². The van der Waals surface area contributed by atoms with Crippen molar-refractivity contribution in [1.82, 2.24) is 25.4 Å². The highest BCUT2D eigenvalue weighted by atomic mass is 127. The molecule has 0 bridgehead atoms. The molecule has 0 radical (unpaired) electrons. The Morgan fingerprint density at radius 2 is 2.16 bits per heavy atom. The van der Waals surface area contributed by atoms with Crippen molar-refractivity contribution in [2.24, 2.45) is 4.99 Å². The van der Waals surface area contributed by atoms with Crippen LogP contribution in [0.3, 0.4) is 0 Å². The predicted molar refractivity (Wildman–Crippen MR) is 132 cm³/mol. The lowest BCUT2D eigenvalue weighted by molar-refractivity contribution is 0.405. The Labute approximate surface area is 200 Å². The third-order valence-corrected chi connectivity index (χ3v) is 4.84. The highest BCUT2D eigenvalue weighted by Crippen LogP contribution is 2.26. The molecule has 0 amide bonds. The molecule has 1 aromatic carbocycles. The topological polar surface area (TPSA) is 89.5 Å². The molecule has 0 aliphatic rings. The van der Waals surface area contributed by atoms with E-state index in [9.17, 15) is 0 Å². The second kappa shape index (κ2) is 12.3. The molecule has 3 aromatic rings. The number of aryl methyl sites for hydroxylation is 2. The first-order valence-electron chi connectivity index (χ1n) is 10.2. The van der Waals surface area contributed by atoms with Gasteiger partial charge in [-0.2, -0.15) is 0 Å². The summed E-state index contributed by atoms with van der Waals surface area (Å²) in [4.78, 5) is 4.69. The van der Waals surface area contributed by atoms with Gasteiger partial charge in [0, 0.05) is 25.1 Å². The van der Waals surface area contributed by atoms with Gasteiger partial charge in [-0.15, -0.1) is 34.2 Å². The van der Waals surface area contributed by atoms with Gasteiger partial charge in [-0.05, 0) is 32.0 Å². The zero-order valence-electron chi connectivity index (χ0n) is 18.5. The van der Waals surface area contributed by atoms with Crippen molar-refractivity contribution in [2.45, 2.75) is 46.3 Å². The number of halogens is 1. The molecular formula is C22H31IN6O2. The second-order valence-electron chi connectivity index (χ2n) is 7.08. The minimum atomic E-state index is 0. The third-order valence-electron chi connectivity index (χ3n) is 4.84. The first-order valence-corrected chi connectivity index (χ1v) is 10.2. The number of rotatable bonds is 9. The van der Waals surface area contributed by atoms with Crippen LogP contribution in [0.25, 0.3) is 0 Å². The molecule has 2 heterocycles. The van der Waals surface area contributed by atoms with Crippen molar-refractivity contribution in [1.29, 1.82) is 0 Å². The number of nitrogens with one attached hydrogen (secondary N) is 2. The van der Waals surface area contributed by atoms with Crippen molar-refractivity contribution in [3.63, 3.8) is 0 Å². The summed E-state index contributed by atoms with van der Waals surface area (Å²) in [5.74, 6) is 3.33. The van der Waals surface area contributed by atoms with Gasteiger partial charge in [0.1, 0.15) is 30.2 Å². The van der Waals surface area contributed by atoms with Crippen molar-refractivity contribution >= 4 is 29.9 Å². The number of methoxy groups -OCH3 is 1. The molecule has 0 fully saturated rings. The molecule has 8 nitrogen and oxygen atoms in total. The lowest BCUT2D eigenvalue weighted by Crippen LogP contribution is -2.40. The number of aromatic nitrogens is 3. The van der Waals surface area contributed by atoms with Crippen LogP contribution in [0.15, 0.2) is 52.3 Å². The molecule has 0 saturated carbocycles. The fraction of sp³-hybridized carbons (Fsp3) is 0.409. The van der Waals surface area contributed by atoms with Gasteiger partial charge >= 0.3 is 0 Å². The second-order valence-corrected chi connectivity index (χ2v) is 7.08. The minimum absolute atomic E-state index is 0. The lowest BCUT2D eigenvalue weighted by Gasteiger charge is -2.21. The molecule has 0 spiro atoms. The molecule has 0 aliphatic carbocycles. The van der Waals surface area contributed by atoms with Crippen LogP contribution < -0.4 is 15.4 Å². The summed E-state index contributed by atoms with van der Waals surface area (Å²) in [5.41, 5.74) is 2.26. The third kappa shape index (κ3) is 6.98. The highest BCUT2D eigenvalue weighted by Gasteiger charge is 2.14. The molecule has 2 aromatic heterocycles. The molecule has 1 unspecified atom stereocenters. The standard InChI is InChI=1S/C22H30N6O2.HI/c1-5-21-27-25-15-28(21)11-10-23-22(24-14-18-7-6-12-30-18)26-17(3)19-13-16(2)8-9-20(19)29-4;/h6-9,12-13,15,17H,5,10-11,14H2,1-4H3,(H2,23,24,26);1H. The van der Waals surface area contributed by atoms with Gasteiger partial charge in [0.2, 0.25) is 0 Å². The van der Waals surface area contributed by atoms with Crippen LogP contribution in [0, 0.1) is 6.92 Å². The Balaban J connectivity index is 0.00000341. The molecule has 0 saturated heterocycles. The maximum Gasteiger partial charge on any atom is 0.192 e. The Kier molecular flexibility index (Phi) is 9.83. The maximum atomic E-state index is 5.55. The number of benzene rings is 1. The van der Waals surface area contributed by atoms with Crippen LogP contribution in [0.5, 0.6) is 5.75 Å². The molecule has 9 heteroatoms. The largest absolute Gasteiger partial charge is 0.496 e. The van der Waals surface area contributed by atoms with E-state index < -0.39 is 0 Å². The van der Waals surface area contributed by atoms with Crippen LogP contribution in [0.4, 0.5) is 0 Å².